The Hall–Kier alpha value is -2.03. The SMILES string of the molecule is Cc1ccncc1NC(C)c1ccc(O)cc1. The first kappa shape index (κ1) is 11.5. The number of aromatic nitrogens is 1. The summed E-state index contributed by atoms with van der Waals surface area (Å²) in [7, 11) is 0. The van der Waals surface area contributed by atoms with Crippen LogP contribution >= 0.6 is 0 Å². The molecule has 0 saturated heterocycles. The summed E-state index contributed by atoms with van der Waals surface area (Å²) in [5.74, 6) is 0.290. The molecular weight excluding hydrogens is 212 g/mol. The highest BCUT2D eigenvalue weighted by Crippen LogP contribution is 2.22. The summed E-state index contributed by atoms with van der Waals surface area (Å²) in [6.45, 7) is 4.13. The van der Waals surface area contributed by atoms with Gasteiger partial charge in [-0.1, -0.05) is 12.1 Å². The topological polar surface area (TPSA) is 45.2 Å². The standard InChI is InChI=1S/C14H16N2O/c1-10-7-8-15-9-14(10)16-11(2)12-3-5-13(17)6-4-12/h3-9,11,16-17H,1-2H3. The molecule has 0 fully saturated rings. The molecule has 2 N–H and O–H groups in total. The average Bonchev–Trinajstić information content (AvgIpc) is 2.33. The number of phenols is 1. The molecule has 3 nitrogen and oxygen atoms in total. The highest BCUT2D eigenvalue weighted by Gasteiger charge is 2.06. The van der Waals surface area contributed by atoms with Crippen LogP contribution in [0.2, 0.25) is 0 Å². The van der Waals surface area contributed by atoms with Gasteiger partial charge in [-0.15, -0.1) is 0 Å². The predicted octanol–water partition coefficient (Wildman–Crippen LogP) is 3.27. The molecule has 0 amide bonds. The summed E-state index contributed by atoms with van der Waals surface area (Å²) in [4.78, 5) is 4.10. The molecule has 1 unspecified atom stereocenters. The largest absolute Gasteiger partial charge is 0.508 e. The van der Waals surface area contributed by atoms with Crippen molar-refractivity contribution in [2.75, 3.05) is 5.32 Å². The monoisotopic (exact) mass is 228 g/mol. The molecule has 0 radical (unpaired) electrons. The van der Waals surface area contributed by atoms with E-state index in [-0.39, 0.29) is 6.04 Å². The van der Waals surface area contributed by atoms with Crippen molar-refractivity contribution in [2.24, 2.45) is 0 Å². The quantitative estimate of drug-likeness (QED) is 0.847. The van der Waals surface area contributed by atoms with E-state index < -0.39 is 0 Å². The molecule has 0 aliphatic heterocycles. The number of hydrogen-bond donors (Lipinski definition) is 2. The van der Waals surface area contributed by atoms with Crippen molar-refractivity contribution in [3.63, 3.8) is 0 Å². The van der Waals surface area contributed by atoms with Crippen molar-refractivity contribution in [1.29, 1.82) is 0 Å². The van der Waals surface area contributed by atoms with Gasteiger partial charge in [0.2, 0.25) is 0 Å². The third kappa shape index (κ3) is 2.75. The molecule has 0 saturated carbocycles. The minimum atomic E-state index is 0.179. The second kappa shape index (κ2) is 4.87. The number of anilines is 1. The molecular formula is C14H16N2O. The van der Waals surface area contributed by atoms with Crippen molar-refractivity contribution in [2.45, 2.75) is 19.9 Å². The third-order valence-electron chi connectivity index (χ3n) is 2.80. The van der Waals surface area contributed by atoms with Crippen LogP contribution < -0.4 is 5.32 Å². The molecule has 1 atom stereocenters. The van der Waals surface area contributed by atoms with Gasteiger partial charge in [-0.3, -0.25) is 4.98 Å². The molecule has 1 aromatic heterocycles. The van der Waals surface area contributed by atoms with E-state index in [1.165, 1.54) is 5.56 Å². The van der Waals surface area contributed by atoms with Crippen LogP contribution in [0.25, 0.3) is 0 Å². The van der Waals surface area contributed by atoms with Crippen LogP contribution in [0.4, 0.5) is 5.69 Å². The summed E-state index contributed by atoms with van der Waals surface area (Å²) in [5.41, 5.74) is 3.34. The summed E-state index contributed by atoms with van der Waals surface area (Å²) >= 11 is 0. The number of nitrogens with one attached hydrogen (secondary N) is 1. The maximum absolute atomic E-state index is 9.24. The van der Waals surface area contributed by atoms with Gasteiger partial charge < -0.3 is 10.4 Å². The molecule has 1 heterocycles. The lowest BCUT2D eigenvalue weighted by Gasteiger charge is -2.17. The number of phenolic OH excluding ortho intramolecular Hbond substituents is 1. The Morgan fingerprint density at radius 1 is 1.18 bits per heavy atom. The minimum absolute atomic E-state index is 0.179. The predicted molar refractivity (Wildman–Crippen MR) is 69.1 cm³/mol. The molecule has 0 bridgehead atoms. The number of rotatable bonds is 3. The molecule has 2 rings (SSSR count). The van der Waals surface area contributed by atoms with Gasteiger partial charge in [0.25, 0.3) is 0 Å². The Kier molecular flexibility index (Phi) is 3.28. The van der Waals surface area contributed by atoms with Crippen molar-refractivity contribution >= 4 is 5.69 Å². The van der Waals surface area contributed by atoms with Crippen LogP contribution in [0.5, 0.6) is 5.75 Å². The maximum atomic E-state index is 9.24. The second-order valence-electron chi connectivity index (χ2n) is 4.15. The van der Waals surface area contributed by atoms with Crippen LogP contribution in [0, 0.1) is 6.92 Å². The summed E-state index contributed by atoms with van der Waals surface area (Å²) in [6.07, 6.45) is 3.61. The molecule has 0 aliphatic rings. The van der Waals surface area contributed by atoms with E-state index in [1.54, 1.807) is 18.3 Å². The number of aromatic hydroxyl groups is 1. The fraction of sp³-hybridized carbons (Fsp3) is 0.214. The number of hydrogen-bond acceptors (Lipinski definition) is 3. The third-order valence-corrected chi connectivity index (χ3v) is 2.80. The van der Waals surface area contributed by atoms with Gasteiger partial charge in [-0.2, -0.15) is 0 Å². The van der Waals surface area contributed by atoms with E-state index in [1.807, 2.05) is 31.3 Å². The number of nitrogens with zero attached hydrogens (tertiary/aromatic N) is 1. The van der Waals surface area contributed by atoms with E-state index in [4.69, 9.17) is 0 Å². The summed E-state index contributed by atoms with van der Waals surface area (Å²) in [6, 6.07) is 9.38. The first-order chi connectivity index (χ1) is 8.16. The zero-order chi connectivity index (χ0) is 12.3. The number of pyridine rings is 1. The number of benzene rings is 1. The minimum Gasteiger partial charge on any atom is -0.508 e. The van der Waals surface area contributed by atoms with E-state index in [0.717, 1.165) is 11.3 Å². The van der Waals surface area contributed by atoms with E-state index in [0.29, 0.717) is 5.75 Å². The fourth-order valence-electron chi connectivity index (χ4n) is 1.69. The van der Waals surface area contributed by atoms with Gasteiger partial charge in [0, 0.05) is 12.2 Å². The average molecular weight is 228 g/mol. The molecule has 1 aromatic carbocycles. The van der Waals surface area contributed by atoms with E-state index >= 15 is 0 Å². The Morgan fingerprint density at radius 2 is 1.88 bits per heavy atom. The Bertz CT molecular complexity index is 494. The van der Waals surface area contributed by atoms with Gasteiger partial charge >= 0.3 is 0 Å². The first-order valence-electron chi connectivity index (χ1n) is 5.63. The van der Waals surface area contributed by atoms with Crippen LogP contribution in [0.1, 0.15) is 24.1 Å². The lowest BCUT2D eigenvalue weighted by Crippen LogP contribution is -2.07. The molecule has 3 heteroatoms. The highest BCUT2D eigenvalue weighted by atomic mass is 16.3. The highest BCUT2D eigenvalue weighted by molar-refractivity contribution is 5.49. The van der Waals surface area contributed by atoms with Crippen molar-refractivity contribution < 1.29 is 5.11 Å². The normalized spacial score (nSPS) is 12.1. The lowest BCUT2D eigenvalue weighted by molar-refractivity contribution is 0.475. The molecule has 0 spiro atoms. The fourth-order valence-corrected chi connectivity index (χ4v) is 1.69. The zero-order valence-corrected chi connectivity index (χ0v) is 10.0. The molecule has 88 valence electrons. The van der Waals surface area contributed by atoms with E-state index in [2.05, 4.69) is 17.2 Å². The molecule has 2 aromatic rings. The summed E-state index contributed by atoms with van der Waals surface area (Å²) in [5, 5.41) is 12.6. The molecule has 0 aliphatic carbocycles. The smallest absolute Gasteiger partial charge is 0.115 e. The van der Waals surface area contributed by atoms with Crippen LogP contribution in [-0.4, -0.2) is 10.1 Å². The van der Waals surface area contributed by atoms with Crippen LogP contribution in [0.15, 0.2) is 42.7 Å². The van der Waals surface area contributed by atoms with Crippen molar-refractivity contribution in [1.82, 2.24) is 4.98 Å². The van der Waals surface area contributed by atoms with Crippen LogP contribution in [0.3, 0.4) is 0 Å². The zero-order valence-electron chi connectivity index (χ0n) is 10.0. The Balaban J connectivity index is 2.14. The molecule has 17 heavy (non-hydrogen) atoms. The second-order valence-corrected chi connectivity index (χ2v) is 4.15. The van der Waals surface area contributed by atoms with Gasteiger partial charge in [0.1, 0.15) is 5.75 Å². The number of aryl methyl sites for hydroxylation is 1. The van der Waals surface area contributed by atoms with Crippen molar-refractivity contribution in [3.05, 3.63) is 53.9 Å². The lowest BCUT2D eigenvalue weighted by atomic mass is 10.1. The van der Waals surface area contributed by atoms with Gasteiger partial charge in [0.05, 0.1) is 11.9 Å². The Morgan fingerprint density at radius 3 is 2.53 bits per heavy atom. The first-order valence-corrected chi connectivity index (χ1v) is 5.63. The van der Waals surface area contributed by atoms with Gasteiger partial charge in [-0.05, 0) is 43.2 Å². The Labute approximate surface area is 101 Å². The van der Waals surface area contributed by atoms with Gasteiger partial charge in [0.15, 0.2) is 0 Å². The van der Waals surface area contributed by atoms with Crippen LogP contribution in [-0.2, 0) is 0 Å². The maximum Gasteiger partial charge on any atom is 0.115 e. The van der Waals surface area contributed by atoms with Gasteiger partial charge in [-0.25, -0.2) is 0 Å². The summed E-state index contributed by atoms with van der Waals surface area (Å²) < 4.78 is 0. The van der Waals surface area contributed by atoms with Crippen molar-refractivity contribution in [3.8, 4) is 5.75 Å². The van der Waals surface area contributed by atoms with E-state index in [9.17, 15) is 5.11 Å².